The van der Waals surface area contributed by atoms with Crippen LogP contribution in [0.3, 0.4) is 0 Å². The highest BCUT2D eigenvalue weighted by Gasteiger charge is 2.13. The highest BCUT2D eigenvalue weighted by atomic mass is 32.1. The lowest BCUT2D eigenvalue weighted by Gasteiger charge is -2.06. The molecule has 0 saturated heterocycles. The van der Waals surface area contributed by atoms with Gasteiger partial charge in [-0.2, -0.15) is 5.10 Å². The molecule has 0 aliphatic heterocycles. The Kier molecular flexibility index (Phi) is 3.36. The van der Waals surface area contributed by atoms with E-state index < -0.39 is 0 Å². The highest BCUT2D eigenvalue weighted by Crippen LogP contribution is 2.36. The van der Waals surface area contributed by atoms with Crippen LogP contribution in [0.15, 0.2) is 46.6 Å². The molecule has 0 radical (unpaired) electrons. The summed E-state index contributed by atoms with van der Waals surface area (Å²) < 4.78 is 1.41. The van der Waals surface area contributed by atoms with Gasteiger partial charge in [0.05, 0.1) is 25.8 Å². The lowest BCUT2D eigenvalue weighted by molar-refractivity contribution is 0.723. The molecular formula is C17H13N3OS2. The Morgan fingerprint density at radius 1 is 1.04 bits per heavy atom. The molecular weight excluding hydrogens is 326 g/mol. The number of aromatic nitrogens is 3. The summed E-state index contributed by atoms with van der Waals surface area (Å²) in [5.74, 6) is 0. The van der Waals surface area contributed by atoms with Crippen LogP contribution in [0.1, 0.15) is 5.01 Å². The highest BCUT2D eigenvalue weighted by molar-refractivity contribution is 7.19. The molecule has 1 aromatic carbocycles. The smallest absolute Gasteiger partial charge is 0.267 e. The summed E-state index contributed by atoms with van der Waals surface area (Å²) in [5.41, 5.74) is 1.76. The molecule has 0 spiro atoms. The standard InChI is InChI=1S/C17H13N3OS2/c1-10-18-13(9-22-10)14-7-8-15(23-14)16-11-5-3-4-6-12(11)17(21)20(2)19-16/h3-9H,1-2H3. The maximum Gasteiger partial charge on any atom is 0.274 e. The van der Waals surface area contributed by atoms with Gasteiger partial charge in [-0.05, 0) is 25.1 Å². The van der Waals surface area contributed by atoms with Crippen molar-refractivity contribution in [1.82, 2.24) is 14.8 Å². The Morgan fingerprint density at radius 3 is 2.52 bits per heavy atom. The Hall–Kier alpha value is -2.31. The van der Waals surface area contributed by atoms with Gasteiger partial charge in [0.25, 0.3) is 5.56 Å². The molecule has 3 heterocycles. The van der Waals surface area contributed by atoms with E-state index in [-0.39, 0.29) is 5.56 Å². The van der Waals surface area contributed by atoms with Crippen molar-refractivity contribution in [3.05, 3.63) is 57.1 Å². The number of rotatable bonds is 2. The van der Waals surface area contributed by atoms with Crippen molar-refractivity contribution in [2.45, 2.75) is 6.92 Å². The minimum Gasteiger partial charge on any atom is -0.267 e. The van der Waals surface area contributed by atoms with E-state index in [1.807, 2.05) is 37.3 Å². The van der Waals surface area contributed by atoms with Crippen LogP contribution in [0.2, 0.25) is 0 Å². The molecule has 0 fully saturated rings. The summed E-state index contributed by atoms with van der Waals surface area (Å²) in [5, 5.41) is 9.18. The molecule has 4 rings (SSSR count). The molecule has 0 aliphatic rings. The quantitative estimate of drug-likeness (QED) is 0.552. The van der Waals surface area contributed by atoms with E-state index in [9.17, 15) is 4.79 Å². The fraction of sp³-hybridized carbons (Fsp3) is 0.118. The number of nitrogens with zero attached hydrogens (tertiary/aromatic N) is 3. The molecule has 0 aliphatic carbocycles. The van der Waals surface area contributed by atoms with Gasteiger partial charge in [-0.25, -0.2) is 9.67 Å². The van der Waals surface area contributed by atoms with Gasteiger partial charge in [-0.1, -0.05) is 18.2 Å². The van der Waals surface area contributed by atoms with Crippen molar-refractivity contribution in [3.63, 3.8) is 0 Å². The van der Waals surface area contributed by atoms with Gasteiger partial charge in [0.1, 0.15) is 5.69 Å². The fourth-order valence-corrected chi connectivity index (χ4v) is 4.21. The van der Waals surface area contributed by atoms with E-state index in [0.717, 1.165) is 31.5 Å². The van der Waals surface area contributed by atoms with Gasteiger partial charge < -0.3 is 0 Å². The Bertz CT molecular complexity index is 1070. The predicted molar refractivity (Wildman–Crippen MR) is 96.1 cm³/mol. The molecule has 0 bridgehead atoms. The second-order valence-corrected chi connectivity index (χ2v) is 7.38. The fourth-order valence-electron chi connectivity index (χ4n) is 2.56. The van der Waals surface area contributed by atoms with E-state index >= 15 is 0 Å². The normalized spacial score (nSPS) is 11.2. The van der Waals surface area contributed by atoms with E-state index in [0.29, 0.717) is 5.39 Å². The van der Waals surface area contributed by atoms with E-state index in [2.05, 4.69) is 21.5 Å². The Morgan fingerprint density at radius 2 is 1.78 bits per heavy atom. The first kappa shape index (κ1) is 14.3. The summed E-state index contributed by atoms with van der Waals surface area (Å²) in [6.45, 7) is 2.00. The van der Waals surface area contributed by atoms with Crippen LogP contribution in [-0.4, -0.2) is 14.8 Å². The molecule has 3 aromatic heterocycles. The molecule has 23 heavy (non-hydrogen) atoms. The maximum atomic E-state index is 12.2. The molecule has 0 atom stereocenters. The first-order valence-corrected chi connectivity index (χ1v) is 8.82. The zero-order chi connectivity index (χ0) is 16.0. The molecule has 114 valence electrons. The third-order valence-electron chi connectivity index (χ3n) is 3.67. The number of thiazole rings is 1. The minimum absolute atomic E-state index is 0.0729. The molecule has 0 unspecified atom stereocenters. The number of hydrogen-bond acceptors (Lipinski definition) is 5. The molecule has 6 heteroatoms. The van der Waals surface area contributed by atoms with Crippen molar-refractivity contribution in [3.8, 4) is 21.1 Å². The Labute approximate surface area is 140 Å². The summed E-state index contributed by atoms with van der Waals surface area (Å²) in [6.07, 6.45) is 0. The average molecular weight is 339 g/mol. The SMILES string of the molecule is Cc1nc(-c2ccc(-c3nn(C)c(=O)c4ccccc34)s2)cs1. The van der Waals surface area contributed by atoms with Gasteiger partial charge in [-0.15, -0.1) is 22.7 Å². The second-order valence-electron chi connectivity index (χ2n) is 5.24. The number of hydrogen-bond donors (Lipinski definition) is 0. The zero-order valence-corrected chi connectivity index (χ0v) is 14.2. The third-order valence-corrected chi connectivity index (χ3v) is 5.56. The van der Waals surface area contributed by atoms with Gasteiger partial charge in [-0.3, -0.25) is 4.79 Å². The van der Waals surface area contributed by atoms with Crippen molar-refractivity contribution in [1.29, 1.82) is 0 Å². The van der Waals surface area contributed by atoms with Crippen LogP contribution in [-0.2, 0) is 7.05 Å². The van der Waals surface area contributed by atoms with E-state index in [4.69, 9.17) is 0 Å². The topological polar surface area (TPSA) is 47.8 Å². The van der Waals surface area contributed by atoms with Crippen LogP contribution < -0.4 is 5.56 Å². The maximum absolute atomic E-state index is 12.2. The third kappa shape index (κ3) is 2.40. The lowest BCUT2D eigenvalue weighted by atomic mass is 10.1. The number of fused-ring (bicyclic) bond motifs is 1. The molecule has 0 N–H and O–H groups in total. The van der Waals surface area contributed by atoms with Crippen LogP contribution in [0.5, 0.6) is 0 Å². The van der Waals surface area contributed by atoms with Crippen LogP contribution in [0, 0.1) is 6.92 Å². The van der Waals surface area contributed by atoms with E-state index in [1.165, 1.54) is 4.68 Å². The number of aryl methyl sites for hydroxylation is 2. The summed E-state index contributed by atoms with van der Waals surface area (Å²) in [4.78, 5) is 18.9. The molecule has 0 amide bonds. The van der Waals surface area contributed by atoms with Crippen molar-refractivity contribution < 1.29 is 0 Å². The van der Waals surface area contributed by atoms with Gasteiger partial charge in [0.2, 0.25) is 0 Å². The van der Waals surface area contributed by atoms with Crippen molar-refractivity contribution in [2.75, 3.05) is 0 Å². The number of thiophene rings is 1. The average Bonchev–Trinajstić information content (AvgIpc) is 3.20. The predicted octanol–water partition coefficient (Wildman–Crippen LogP) is 4.09. The lowest BCUT2D eigenvalue weighted by Crippen LogP contribution is -2.20. The summed E-state index contributed by atoms with van der Waals surface area (Å²) >= 11 is 3.29. The first-order valence-electron chi connectivity index (χ1n) is 7.12. The van der Waals surface area contributed by atoms with Crippen LogP contribution in [0.4, 0.5) is 0 Å². The zero-order valence-electron chi connectivity index (χ0n) is 12.6. The summed E-state index contributed by atoms with van der Waals surface area (Å²) in [7, 11) is 1.69. The minimum atomic E-state index is -0.0729. The molecule has 4 nitrogen and oxygen atoms in total. The van der Waals surface area contributed by atoms with Gasteiger partial charge >= 0.3 is 0 Å². The van der Waals surface area contributed by atoms with Crippen LogP contribution >= 0.6 is 22.7 Å². The van der Waals surface area contributed by atoms with Gasteiger partial charge in [0, 0.05) is 17.8 Å². The summed E-state index contributed by atoms with van der Waals surface area (Å²) in [6, 6.07) is 11.7. The largest absolute Gasteiger partial charge is 0.274 e. The van der Waals surface area contributed by atoms with Crippen LogP contribution in [0.25, 0.3) is 31.9 Å². The second kappa shape index (κ2) is 5.40. The first-order chi connectivity index (χ1) is 11.1. The number of benzene rings is 1. The Balaban J connectivity index is 1.92. The molecule has 4 aromatic rings. The van der Waals surface area contributed by atoms with Crippen molar-refractivity contribution >= 4 is 33.4 Å². The van der Waals surface area contributed by atoms with E-state index in [1.54, 1.807) is 29.7 Å². The van der Waals surface area contributed by atoms with Crippen molar-refractivity contribution in [2.24, 2.45) is 7.05 Å². The molecule has 0 saturated carbocycles. The van der Waals surface area contributed by atoms with Gasteiger partial charge in [0.15, 0.2) is 0 Å². The monoisotopic (exact) mass is 339 g/mol.